The predicted octanol–water partition coefficient (Wildman–Crippen LogP) is 3.91. The molecule has 2 atom stereocenters. The van der Waals surface area contributed by atoms with Gasteiger partial charge in [0.2, 0.25) is 5.91 Å². The summed E-state index contributed by atoms with van der Waals surface area (Å²) in [6, 6.07) is 8.86. The van der Waals surface area contributed by atoms with Crippen molar-refractivity contribution in [2.75, 3.05) is 4.90 Å². The van der Waals surface area contributed by atoms with Gasteiger partial charge in [0.1, 0.15) is 6.10 Å². The van der Waals surface area contributed by atoms with E-state index in [1.165, 1.54) is 5.56 Å². The summed E-state index contributed by atoms with van der Waals surface area (Å²) in [4.78, 5) is 26.3. The van der Waals surface area contributed by atoms with E-state index in [2.05, 4.69) is 23.6 Å². The minimum absolute atomic E-state index is 0.0331. The average Bonchev–Trinajstić information content (AvgIpc) is 2.57. The molecule has 2 aliphatic rings. The fraction of sp³-hybridized carbons (Fsp3) is 0.636. The first-order valence-electron chi connectivity index (χ1n) is 10.3. The summed E-state index contributed by atoms with van der Waals surface area (Å²) >= 11 is 0. The molecule has 154 valence electrons. The Kier molecular flexibility index (Phi) is 5.98. The molecule has 1 aliphatic carbocycles. The Morgan fingerprint density at radius 3 is 2.50 bits per heavy atom. The lowest BCUT2D eigenvalue weighted by Crippen LogP contribution is -2.52. The summed E-state index contributed by atoms with van der Waals surface area (Å²) in [6.45, 7) is 9.84. The summed E-state index contributed by atoms with van der Waals surface area (Å²) in [5, 5.41) is 6.56. The quantitative estimate of drug-likeness (QED) is 0.822. The van der Waals surface area contributed by atoms with Crippen LogP contribution in [0.1, 0.15) is 71.9 Å². The molecule has 0 bridgehead atoms. The van der Waals surface area contributed by atoms with Crippen molar-refractivity contribution in [2.45, 2.75) is 90.1 Å². The fourth-order valence-electron chi connectivity index (χ4n) is 4.09. The summed E-state index contributed by atoms with van der Waals surface area (Å²) in [6.07, 6.45) is 2.66. The van der Waals surface area contributed by atoms with Crippen molar-refractivity contribution >= 4 is 17.7 Å². The van der Waals surface area contributed by atoms with Crippen molar-refractivity contribution in [3.8, 4) is 0 Å². The Bertz CT molecular complexity index is 722. The highest BCUT2D eigenvalue weighted by Gasteiger charge is 2.38. The van der Waals surface area contributed by atoms with Gasteiger partial charge >= 0.3 is 6.09 Å². The van der Waals surface area contributed by atoms with E-state index in [4.69, 9.17) is 4.74 Å². The second kappa shape index (κ2) is 8.11. The lowest BCUT2D eigenvalue weighted by atomic mass is 9.85. The van der Waals surface area contributed by atoms with Gasteiger partial charge in [0.05, 0.1) is 0 Å². The van der Waals surface area contributed by atoms with E-state index >= 15 is 0 Å². The highest BCUT2D eigenvalue weighted by molar-refractivity contribution is 5.95. The highest BCUT2D eigenvalue weighted by atomic mass is 16.6. The van der Waals surface area contributed by atoms with Gasteiger partial charge in [-0.05, 0) is 45.7 Å². The van der Waals surface area contributed by atoms with Crippen molar-refractivity contribution in [2.24, 2.45) is 0 Å². The van der Waals surface area contributed by atoms with Crippen molar-refractivity contribution in [1.82, 2.24) is 10.6 Å². The summed E-state index contributed by atoms with van der Waals surface area (Å²) < 4.78 is 5.49. The van der Waals surface area contributed by atoms with Crippen molar-refractivity contribution in [3.05, 3.63) is 29.8 Å². The van der Waals surface area contributed by atoms with E-state index in [-0.39, 0.29) is 35.7 Å². The molecule has 2 N–H and O–H groups in total. The van der Waals surface area contributed by atoms with Crippen LogP contribution in [0.4, 0.5) is 10.5 Å². The number of hydrogen-bond acceptors (Lipinski definition) is 4. The lowest BCUT2D eigenvalue weighted by Gasteiger charge is -2.43. The molecule has 6 nitrogen and oxygen atoms in total. The van der Waals surface area contributed by atoms with Crippen LogP contribution < -0.4 is 15.5 Å². The summed E-state index contributed by atoms with van der Waals surface area (Å²) in [5.41, 5.74) is 1.90. The molecular formula is C22H33N3O3. The van der Waals surface area contributed by atoms with Crippen molar-refractivity contribution in [3.63, 3.8) is 0 Å². The molecule has 0 aromatic heterocycles. The molecule has 1 fully saturated rings. The Morgan fingerprint density at radius 1 is 1.18 bits per heavy atom. The van der Waals surface area contributed by atoms with E-state index in [9.17, 15) is 9.59 Å². The third-order valence-corrected chi connectivity index (χ3v) is 5.44. The number of carbonyl (C=O) groups is 2. The first-order chi connectivity index (χ1) is 13.2. The smallest absolute Gasteiger partial charge is 0.407 e. The van der Waals surface area contributed by atoms with Gasteiger partial charge < -0.3 is 20.3 Å². The molecule has 0 radical (unpaired) electrons. The number of hydrogen-bond donors (Lipinski definition) is 2. The van der Waals surface area contributed by atoms with Gasteiger partial charge in [0.25, 0.3) is 0 Å². The first kappa shape index (κ1) is 20.6. The first-order valence-corrected chi connectivity index (χ1v) is 10.3. The van der Waals surface area contributed by atoms with Gasteiger partial charge in [-0.2, -0.15) is 0 Å². The molecule has 0 spiro atoms. The highest BCUT2D eigenvalue weighted by Crippen LogP contribution is 2.39. The van der Waals surface area contributed by atoms with E-state index < -0.39 is 0 Å². The Labute approximate surface area is 168 Å². The minimum Gasteiger partial charge on any atom is -0.446 e. The Morgan fingerprint density at radius 2 is 1.86 bits per heavy atom. The average molecular weight is 388 g/mol. The number of carbonyl (C=O) groups excluding carboxylic acids is 2. The fourth-order valence-corrected chi connectivity index (χ4v) is 4.09. The van der Waals surface area contributed by atoms with Crippen LogP contribution in [-0.2, 0) is 9.53 Å². The number of amides is 2. The standard InChI is InChI=1S/C22H33N3O3/c1-6-20(26)25-14(2)11-18(17-9-7-8-10-19(17)25)23-15-12-16(13-15)28-21(27)24-22(3,4)5/h7-10,14-16,18,23H,6,11-13H2,1-5H3,(H,24,27)/t14-,15?,16?,18+/m0/s1. The number of fused-ring (bicyclic) bond motifs is 1. The number of nitrogens with zero attached hydrogens (tertiary/aromatic N) is 1. The maximum Gasteiger partial charge on any atom is 0.407 e. The molecule has 1 aliphatic heterocycles. The number of anilines is 1. The van der Waals surface area contributed by atoms with Crippen LogP contribution in [0.25, 0.3) is 0 Å². The van der Waals surface area contributed by atoms with Crippen LogP contribution in [-0.4, -0.2) is 35.7 Å². The topological polar surface area (TPSA) is 70.7 Å². The van der Waals surface area contributed by atoms with E-state index in [1.807, 2.05) is 50.8 Å². The van der Waals surface area contributed by atoms with Gasteiger partial charge in [-0.1, -0.05) is 25.1 Å². The molecule has 1 aromatic carbocycles. The van der Waals surface area contributed by atoms with Gasteiger partial charge in [0.15, 0.2) is 0 Å². The Balaban J connectivity index is 1.59. The summed E-state index contributed by atoms with van der Waals surface area (Å²) in [5.74, 6) is 0.167. The third kappa shape index (κ3) is 4.66. The van der Waals surface area contributed by atoms with Crippen LogP contribution in [0.3, 0.4) is 0 Å². The van der Waals surface area contributed by atoms with E-state index in [0.717, 1.165) is 24.9 Å². The lowest BCUT2D eigenvalue weighted by molar-refractivity contribution is -0.118. The number of rotatable bonds is 4. The number of benzene rings is 1. The summed E-state index contributed by atoms with van der Waals surface area (Å²) in [7, 11) is 0. The molecule has 1 heterocycles. The molecule has 3 rings (SSSR count). The van der Waals surface area contributed by atoms with Crippen molar-refractivity contribution < 1.29 is 14.3 Å². The number of para-hydroxylation sites is 1. The minimum atomic E-state index is -0.346. The van der Waals surface area contributed by atoms with Crippen LogP contribution >= 0.6 is 0 Å². The predicted molar refractivity (Wildman–Crippen MR) is 110 cm³/mol. The molecule has 28 heavy (non-hydrogen) atoms. The molecule has 0 saturated heterocycles. The Hall–Kier alpha value is -2.08. The normalized spacial score (nSPS) is 26.8. The SMILES string of the molecule is CCC(=O)N1c2ccccc2[C@H](NC2CC(OC(=O)NC(C)(C)C)C2)C[C@@H]1C. The van der Waals surface area contributed by atoms with Crippen LogP contribution in [0.2, 0.25) is 0 Å². The molecular weight excluding hydrogens is 354 g/mol. The zero-order valence-electron chi connectivity index (χ0n) is 17.6. The molecule has 2 amide bonds. The second-order valence-electron chi connectivity index (χ2n) is 9.05. The monoisotopic (exact) mass is 387 g/mol. The zero-order valence-corrected chi connectivity index (χ0v) is 17.6. The second-order valence-corrected chi connectivity index (χ2v) is 9.05. The van der Waals surface area contributed by atoms with Crippen LogP contribution in [0, 0.1) is 0 Å². The van der Waals surface area contributed by atoms with E-state index in [1.54, 1.807) is 0 Å². The number of alkyl carbamates (subject to hydrolysis) is 1. The largest absolute Gasteiger partial charge is 0.446 e. The molecule has 1 aromatic rings. The maximum atomic E-state index is 12.4. The van der Waals surface area contributed by atoms with E-state index in [0.29, 0.717) is 12.5 Å². The molecule has 1 saturated carbocycles. The maximum absolute atomic E-state index is 12.4. The molecule has 0 unspecified atom stereocenters. The van der Waals surface area contributed by atoms with Gasteiger partial charge in [0, 0.05) is 48.6 Å². The number of nitrogens with one attached hydrogen (secondary N) is 2. The van der Waals surface area contributed by atoms with Crippen LogP contribution in [0.15, 0.2) is 24.3 Å². The van der Waals surface area contributed by atoms with Gasteiger partial charge in [-0.25, -0.2) is 4.79 Å². The third-order valence-electron chi connectivity index (χ3n) is 5.44. The van der Waals surface area contributed by atoms with Crippen LogP contribution in [0.5, 0.6) is 0 Å². The van der Waals surface area contributed by atoms with Crippen molar-refractivity contribution in [1.29, 1.82) is 0 Å². The molecule has 6 heteroatoms. The zero-order chi connectivity index (χ0) is 20.5. The van der Waals surface area contributed by atoms with Gasteiger partial charge in [-0.3, -0.25) is 4.79 Å². The number of ether oxygens (including phenoxy) is 1. The van der Waals surface area contributed by atoms with Gasteiger partial charge in [-0.15, -0.1) is 0 Å².